The molecule has 1 amide bonds. The maximum absolute atomic E-state index is 12.0. The zero-order chi connectivity index (χ0) is 11.8. The number of hydrogen-bond acceptors (Lipinski definition) is 3. The number of hydrogen-bond donors (Lipinski definition) is 2. The van der Waals surface area contributed by atoms with E-state index >= 15 is 0 Å². The van der Waals surface area contributed by atoms with E-state index in [4.69, 9.17) is 5.84 Å². The summed E-state index contributed by atoms with van der Waals surface area (Å²) in [5.74, 6) is 5.92. The Bertz CT molecular complexity index is 595. The number of anilines is 3. The molecule has 1 aliphatic rings. The summed E-state index contributed by atoms with van der Waals surface area (Å²) in [7, 11) is 0. The number of hydrazine groups is 1. The zero-order valence-corrected chi connectivity index (χ0v) is 9.05. The normalized spacial score (nSPS) is 13.5. The predicted molar refractivity (Wildman–Crippen MR) is 67.2 cm³/mol. The highest BCUT2D eigenvalue weighted by Crippen LogP contribution is 2.34. The SMILES string of the molecule is NN1c2ccccc2NC(=O)c2ccccc21. The van der Waals surface area contributed by atoms with Gasteiger partial charge in [0.1, 0.15) is 0 Å². The molecule has 3 N–H and O–H groups in total. The van der Waals surface area contributed by atoms with Gasteiger partial charge in [-0.05, 0) is 24.3 Å². The largest absolute Gasteiger partial charge is 0.320 e. The lowest BCUT2D eigenvalue weighted by Crippen LogP contribution is -2.25. The zero-order valence-electron chi connectivity index (χ0n) is 9.05. The topological polar surface area (TPSA) is 58.4 Å². The van der Waals surface area contributed by atoms with Crippen LogP contribution in [0, 0.1) is 0 Å². The molecule has 0 saturated heterocycles. The molecule has 0 unspecified atom stereocenters. The standard InChI is InChI=1S/C13H11N3O/c14-16-11-7-3-1-5-9(11)13(17)15-10-6-2-4-8-12(10)16/h1-8H,14H2,(H,15,17). The number of amides is 1. The van der Waals surface area contributed by atoms with Crippen LogP contribution >= 0.6 is 0 Å². The molecule has 84 valence electrons. The molecule has 0 fully saturated rings. The van der Waals surface area contributed by atoms with Gasteiger partial charge in [-0.25, -0.2) is 5.84 Å². The fraction of sp³-hybridized carbons (Fsp3) is 0. The highest BCUT2D eigenvalue weighted by molar-refractivity contribution is 6.12. The number of rotatable bonds is 0. The quantitative estimate of drug-likeness (QED) is 0.676. The number of fused-ring (bicyclic) bond motifs is 2. The maximum atomic E-state index is 12.0. The first kappa shape index (κ1) is 9.86. The Morgan fingerprint density at radius 2 is 1.59 bits per heavy atom. The number of carbonyl (C=O) groups is 1. The number of carbonyl (C=O) groups excluding carboxylic acids is 1. The molecule has 2 aromatic carbocycles. The van der Waals surface area contributed by atoms with Gasteiger partial charge in [0.2, 0.25) is 0 Å². The molecule has 3 rings (SSSR count). The lowest BCUT2D eigenvalue weighted by molar-refractivity contribution is 0.102. The van der Waals surface area contributed by atoms with Gasteiger partial charge in [-0.2, -0.15) is 0 Å². The van der Waals surface area contributed by atoms with Gasteiger partial charge in [-0.3, -0.25) is 9.80 Å². The molecule has 0 atom stereocenters. The number of nitrogens with two attached hydrogens (primary N) is 1. The number of nitrogens with zero attached hydrogens (tertiary/aromatic N) is 1. The molecular formula is C13H11N3O. The second kappa shape index (κ2) is 3.61. The first-order chi connectivity index (χ1) is 8.27. The van der Waals surface area contributed by atoms with Crippen molar-refractivity contribution in [2.75, 3.05) is 10.3 Å². The van der Waals surface area contributed by atoms with Crippen molar-refractivity contribution >= 4 is 23.0 Å². The molecule has 2 aromatic rings. The molecule has 0 bridgehead atoms. The Morgan fingerprint density at radius 1 is 0.941 bits per heavy atom. The molecule has 0 radical (unpaired) electrons. The van der Waals surface area contributed by atoms with Crippen LogP contribution in [0.15, 0.2) is 48.5 Å². The molecular weight excluding hydrogens is 214 g/mol. The maximum Gasteiger partial charge on any atom is 0.257 e. The third-order valence-corrected chi connectivity index (χ3v) is 2.82. The molecule has 1 heterocycles. The van der Waals surface area contributed by atoms with Gasteiger partial charge in [-0.1, -0.05) is 24.3 Å². The fourth-order valence-electron chi connectivity index (χ4n) is 1.98. The van der Waals surface area contributed by atoms with E-state index in [-0.39, 0.29) is 5.91 Å². The molecule has 4 nitrogen and oxygen atoms in total. The van der Waals surface area contributed by atoms with E-state index in [2.05, 4.69) is 5.32 Å². The van der Waals surface area contributed by atoms with E-state index in [9.17, 15) is 4.79 Å². The van der Waals surface area contributed by atoms with Crippen LogP contribution in [-0.2, 0) is 0 Å². The fourth-order valence-corrected chi connectivity index (χ4v) is 1.98. The monoisotopic (exact) mass is 225 g/mol. The lowest BCUT2D eigenvalue weighted by atomic mass is 10.1. The van der Waals surface area contributed by atoms with Gasteiger partial charge in [0, 0.05) is 0 Å². The molecule has 4 heteroatoms. The summed E-state index contributed by atoms with van der Waals surface area (Å²) >= 11 is 0. The van der Waals surface area contributed by atoms with Gasteiger partial charge in [0.15, 0.2) is 0 Å². The second-order valence-corrected chi connectivity index (χ2v) is 3.86. The summed E-state index contributed by atoms with van der Waals surface area (Å²) in [4.78, 5) is 12.0. The minimum atomic E-state index is -0.138. The van der Waals surface area contributed by atoms with Crippen molar-refractivity contribution in [1.82, 2.24) is 0 Å². The van der Waals surface area contributed by atoms with Crippen molar-refractivity contribution in [3.05, 3.63) is 54.1 Å². The van der Waals surface area contributed by atoms with Gasteiger partial charge in [0.25, 0.3) is 5.91 Å². The summed E-state index contributed by atoms with van der Waals surface area (Å²) in [6, 6.07) is 14.7. The van der Waals surface area contributed by atoms with Gasteiger partial charge in [0.05, 0.1) is 22.6 Å². The molecule has 17 heavy (non-hydrogen) atoms. The van der Waals surface area contributed by atoms with Crippen LogP contribution in [0.3, 0.4) is 0 Å². The Balaban J connectivity index is 2.26. The van der Waals surface area contributed by atoms with E-state index in [0.29, 0.717) is 11.3 Å². The second-order valence-electron chi connectivity index (χ2n) is 3.86. The summed E-state index contributed by atoms with van der Waals surface area (Å²) < 4.78 is 0. The highest BCUT2D eigenvalue weighted by Gasteiger charge is 2.22. The van der Waals surface area contributed by atoms with Crippen LogP contribution < -0.4 is 16.2 Å². The average molecular weight is 225 g/mol. The lowest BCUT2D eigenvalue weighted by Gasteiger charge is -2.19. The van der Waals surface area contributed by atoms with Crippen molar-refractivity contribution in [2.45, 2.75) is 0 Å². The summed E-state index contributed by atoms with van der Waals surface area (Å²) in [6.45, 7) is 0. The molecule has 1 aliphatic heterocycles. The highest BCUT2D eigenvalue weighted by atomic mass is 16.1. The van der Waals surface area contributed by atoms with Crippen molar-refractivity contribution in [1.29, 1.82) is 0 Å². The van der Waals surface area contributed by atoms with E-state index in [1.54, 1.807) is 6.07 Å². The van der Waals surface area contributed by atoms with E-state index < -0.39 is 0 Å². The van der Waals surface area contributed by atoms with Crippen molar-refractivity contribution in [3.63, 3.8) is 0 Å². The summed E-state index contributed by atoms with van der Waals surface area (Å²) in [5, 5.41) is 4.38. The molecule has 0 aromatic heterocycles. The van der Waals surface area contributed by atoms with Crippen molar-refractivity contribution in [3.8, 4) is 0 Å². The van der Waals surface area contributed by atoms with Gasteiger partial charge in [-0.15, -0.1) is 0 Å². The summed E-state index contributed by atoms with van der Waals surface area (Å²) in [5.41, 5.74) is 2.78. The van der Waals surface area contributed by atoms with Crippen LogP contribution in [0.4, 0.5) is 17.1 Å². The number of nitrogens with one attached hydrogen (secondary N) is 1. The Hall–Kier alpha value is -2.33. The first-order valence-electron chi connectivity index (χ1n) is 5.31. The summed E-state index contributed by atoms with van der Waals surface area (Å²) in [6.07, 6.45) is 0. The smallest absolute Gasteiger partial charge is 0.257 e. The third kappa shape index (κ3) is 1.46. The minimum Gasteiger partial charge on any atom is -0.320 e. The minimum absolute atomic E-state index is 0.138. The van der Waals surface area contributed by atoms with Crippen LogP contribution in [0.25, 0.3) is 0 Å². The predicted octanol–water partition coefficient (Wildman–Crippen LogP) is 2.26. The van der Waals surface area contributed by atoms with Gasteiger partial charge < -0.3 is 5.32 Å². The number of benzene rings is 2. The Labute approximate surface area is 98.6 Å². The van der Waals surface area contributed by atoms with E-state index in [1.165, 1.54) is 5.01 Å². The van der Waals surface area contributed by atoms with Gasteiger partial charge >= 0.3 is 0 Å². The number of para-hydroxylation sites is 3. The Kier molecular flexibility index (Phi) is 2.09. The van der Waals surface area contributed by atoms with Crippen molar-refractivity contribution < 1.29 is 4.79 Å². The third-order valence-electron chi connectivity index (χ3n) is 2.82. The van der Waals surface area contributed by atoms with Crippen LogP contribution in [0.1, 0.15) is 10.4 Å². The van der Waals surface area contributed by atoms with E-state index in [0.717, 1.165) is 11.4 Å². The van der Waals surface area contributed by atoms with Crippen LogP contribution in [-0.4, -0.2) is 5.91 Å². The van der Waals surface area contributed by atoms with Crippen LogP contribution in [0.5, 0.6) is 0 Å². The molecule has 0 saturated carbocycles. The van der Waals surface area contributed by atoms with E-state index in [1.807, 2.05) is 42.5 Å². The molecule has 0 aliphatic carbocycles. The molecule has 0 spiro atoms. The van der Waals surface area contributed by atoms with Crippen LogP contribution in [0.2, 0.25) is 0 Å². The van der Waals surface area contributed by atoms with Crippen molar-refractivity contribution in [2.24, 2.45) is 5.84 Å². The average Bonchev–Trinajstić information content (AvgIpc) is 2.48. The first-order valence-corrected chi connectivity index (χ1v) is 5.31. The Morgan fingerprint density at radius 3 is 2.41 bits per heavy atom.